The summed E-state index contributed by atoms with van der Waals surface area (Å²) in [6.45, 7) is 0. The summed E-state index contributed by atoms with van der Waals surface area (Å²) < 4.78 is 0. The quantitative estimate of drug-likeness (QED) is 0.765. The normalized spacial score (nSPS) is 17.0. The fourth-order valence-corrected chi connectivity index (χ4v) is 3.62. The summed E-state index contributed by atoms with van der Waals surface area (Å²) in [5.74, 6) is 0. The summed E-state index contributed by atoms with van der Waals surface area (Å²) >= 11 is 0. The van der Waals surface area contributed by atoms with Crippen LogP contribution in [0.5, 0.6) is 0 Å². The molecule has 1 aliphatic rings. The first kappa shape index (κ1) is 14.0. The van der Waals surface area contributed by atoms with Gasteiger partial charge in [-0.05, 0) is 37.1 Å². The molecule has 3 heterocycles. The number of nitriles is 1. The maximum Gasteiger partial charge on any atom is 0.137 e. The lowest BCUT2D eigenvalue weighted by Gasteiger charge is -2.30. The highest BCUT2D eigenvalue weighted by molar-refractivity contribution is 5.91. The van der Waals surface area contributed by atoms with E-state index in [9.17, 15) is 5.26 Å². The third-order valence-electron chi connectivity index (χ3n) is 4.90. The summed E-state index contributed by atoms with van der Waals surface area (Å²) in [6.07, 6.45) is 8.95. The molecule has 0 radical (unpaired) electrons. The Hall–Kier alpha value is -2.67. The van der Waals surface area contributed by atoms with E-state index in [0.29, 0.717) is 0 Å². The van der Waals surface area contributed by atoms with Crippen LogP contribution in [0, 0.1) is 11.3 Å². The molecule has 3 aromatic rings. The molecule has 1 N–H and O–H groups in total. The molecule has 4 rings (SSSR count). The predicted molar refractivity (Wildman–Crippen MR) is 89.7 cm³/mol. The van der Waals surface area contributed by atoms with Crippen LogP contribution in [-0.4, -0.2) is 15.0 Å². The zero-order valence-electron chi connectivity index (χ0n) is 12.9. The molecular formula is C19H18N4. The Morgan fingerprint density at radius 3 is 2.78 bits per heavy atom. The lowest BCUT2D eigenvalue weighted by Crippen LogP contribution is -2.28. The zero-order chi connectivity index (χ0) is 15.7. The Bertz CT molecular complexity index is 882. The number of fused-ring (bicyclic) bond motifs is 1. The molecule has 4 nitrogen and oxygen atoms in total. The summed E-state index contributed by atoms with van der Waals surface area (Å²) in [5.41, 5.74) is 3.33. The van der Waals surface area contributed by atoms with Gasteiger partial charge in [-0.15, -0.1) is 0 Å². The molecule has 0 aromatic carbocycles. The van der Waals surface area contributed by atoms with Crippen molar-refractivity contribution in [3.05, 3.63) is 48.4 Å². The SMILES string of the molecule is N#CC1(c2cccc(-c3ccnc4[nH]ccc34)n2)CCCCC1. The number of pyridine rings is 2. The van der Waals surface area contributed by atoms with Crippen molar-refractivity contribution in [1.82, 2.24) is 15.0 Å². The van der Waals surface area contributed by atoms with E-state index in [4.69, 9.17) is 4.98 Å². The first-order chi connectivity index (χ1) is 11.3. The predicted octanol–water partition coefficient (Wildman–Crippen LogP) is 4.35. The van der Waals surface area contributed by atoms with Gasteiger partial charge in [-0.2, -0.15) is 5.26 Å². The standard InChI is InChI=1S/C19H18N4/c20-13-19(9-2-1-3-10-19)17-6-4-5-16(23-17)14-7-11-21-18-15(14)8-12-22-18/h4-8,11-12H,1-3,9-10H2,(H,21,22). The minimum absolute atomic E-state index is 0.418. The second kappa shape index (κ2) is 5.51. The van der Waals surface area contributed by atoms with Crippen LogP contribution in [0.3, 0.4) is 0 Å². The number of rotatable bonds is 2. The largest absolute Gasteiger partial charge is 0.346 e. The Kier molecular flexibility index (Phi) is 3.34. The minimum atomic E-state index is -0.418. The molecule has 4 heteroatoms. The molecular weight excluding hydrogens is 284 g/mol. The third-order valence-corrected chi connectivity index (χ3v) is 4.90. The molecule has 0 spiro atoms. The smallest absolute Gasteiger partial charge is 0.137 e. The van der Waals surface area contributed by atoms with E-state index in [1.807, 2.05) is 36.5 Å². The van der Waals surface area contributed by atoms with Gasteiger partial charge in [0.1, 0.15) is 5.65 Å². The van der Waals surface area contributed by atoms with Gasteiger partial charge in [0.25, 0.3) is 0 Å². The van der Waals surface area contributed by atoms with Gasteiger partial charge in [-0.25, -0.2) is 4.98 Å². The van der Waals surface area contributed by atoms with Crippen molar-refractivity contribution in [2.75, 3.05) is 0 Å². The van der Waals surface area contributed by atoms with Crippen LogP contribution < -0.4 is 0 Å². The first-order valence-corrected chi connectivity index (χ1v) is 8.14. The summed E-state index contributed by atoms with van der Waals surface area (Å²) in [5, 5.41) is 10.9. The Balaban J connectivity index is 1.83. The van der Waals surface area contributed by atoms with Gasteiger partial charge in [-0.1, -0.05) is 25.3 Å². The average Bonchev–Trinajstić information content (AvgIpc) is 3.11. The van der Waals surface area contributed by atoms with Gasteiger partial charge in [-0.3, -0.25) is 4.98 Å². The van der Waals surface area contributed by atoms with Gasteiger partial charge in [0.15, 0.2) is 0 Å². The monoisotopic (exact) mass is 302 g/mol. The van der Waals surface area contributed by atoms with Crippen molar-refractivity contribution in [2.24, 2.45) is 0 Å². The molecule has 0 saturated heterocycles. The van der Waals surface area contributed by atoms with Crippen molar-refractivity contribution in [2.45, 2.75) is 37.5 Å². The Morgan fingerprint density at radius 1 is 1.09 bits per heavy atom. The number of nitrogens with one attached hydrogen (secondary N) is 1. The zero-order valence-corrected chi connectivity index (χ0v) is 12.9. The second-order valence-electron chi connectivity index (χ2n) is 6.26. The maximum absolute atomic E-state index is 9.79. The van der Waals surface area contributed by atoms with Crippen LogP contribution in [-0.2, 0) is 5.41 Å². The number of nitrogens with zero attached hydrogens (tertiary/aromatic N) is 3. The average molecular weight is 302 g/mol. The van der Waals surface area contributed by atoms with Gasteiger partial charge in [0.05, 0.1) is 22.9 Å². The van der Waals surface area contributed by atoms with Crippen LogP contribution in [0.2, 0.25) is 0 Å². The van der Waals surface area contributed by atoms with E-state index in [1.54, 1.807) is 6.20 Å². The molecule has 0 unspecified atom stereocenters. The number of hydrogen-bond acceptors (Lipinski definition) is 3. The number of aromatic amines is 1. The molecule has 23 heavy (non-hydrogen) atoms. The lowest BCUT2D eigenvalue weighted by atomic mass is 9.72. The first-order valence-electron chi connectivity index (χ1n) is 8.14. The van der Waals surface area contributed by atoms with E-state index >= 15 is 0 Å². The van der Waals surface area contributed by atoms with E-state index < -0.39 is 5.41 Å². The minimum Gasteiger partial charge on any atom is -0.346 e. The molecule has 114 valence electrons. The van der Waals surface area contributed by atoms with Crippen molar-refractivity contribution < 1.29 is 0 Å². The van der Waals surface area contributed by atoms with E-state index in [0.717, 1.165) is 53.7 Å². The molecule has 1 fully saturated rings. The highest BCUT2D eigenvalue weighted by Gasteiger charge is 2.35. The van der Waals surface area contributed by atoms with Crippen LogP contribution >= 0.6 is 0 Å². The van der Waals surface area contributed by atoms with Crippen molar-refractivity contribution in [1.29, 1.82) is 5.26 Å². The molecule has 0 amide bonds. The number of hydrogen-bond donors (Lipinski definition) is 1. The van der Waals surface area contributed by atoms with Crippen molar-refractivity contribution in [3.63, 3.8) is 0 Å². The fraction of sp³-hybridized carbons (Fsp3) is 0.316. The van der Waals surface area contributed by atoms with Crippen LogP contribution in [0.15, 0.2) is 42.7 Å². The fourth-order valence-electron chi connectivity index (χ4n) is 3.62. The molecule has 3 aromatic heterocycles. The summed E-state index contributed by atoms with van der Waals surface area (Å²) in [6, 6.07) is 12.6. The molecule has 1 aliphatic carbocycles. The Labute approximate surface area is 135 Å². The molecule has 0 atom stereocenters. The van der Waals surface area contributed by atoms with Crippen LogP contribution in [0.4, 0.5) is 0 Å². The van der Waals surface area contributed by atoms with Crippen molar-refractivity contribution in [3.8, 4) is 17.3 Å². The van der Waals surface area contributed by atoms with Gasteiger partial charge in [0, 0.05) is 23.3 Å². The van der Waals surface area contributed by atoms with E-state index in [1.165, 1.54) is 6.42 Å². The van der Waals surface area contributed by atoms with Gasteiger partial charge in [0.2, 0.25) is 0 Å². The highest BCUT2D eigenvalue weighted by atomic mass is 14.8. The van der Waals surface area contributed by atoms with Crippen LogP contribution in [0.1, 0.15) is 37.8 Å². The summed E-state index contributed by atoms with van der Waals surface area (Å²) in [7, 11) is 0. The highest BCUT2D eigenvalue weighted by Crippen LogP contribution is 2.39. The summed E-state index contributed by atoms with van der Waals surface area (Å²) in [4.78, 5) is 12.3. The number of H-pyrrole nitrogens is 1. The molecule has 0 bridgehead atoms. The van der Waals surface area contributed by atoms with E-state index in [2.05, 4.69) is 16.0 Å². The van der Waals surface area contributed by atoms with E-state index in [-0.39, 0.29) is 0 Å². The molecule has 0 aliphatic heterocycles. The Morgan fingerprint density at radius 2 is 1.96 bits per heavy atom. The lowest BCUT2D eigenvalue weighted by molar-refractivity contribution is 0.359. The van der Waals surface area contributed by atoms with Gasteiger partial charge < -0.3 is 4.98 Å². The number of aromatic nitrogens is 3. The third kappa shape index (κ3) is 2.29. The molecule has 1 saturated carbocycles. The van der Waals surface area contributed by atoms with Crippen LogP contribution in [0.25, 0.3) is 22.3 Å². The topological polar surface area (TPSA) is 65.4 Å². The maximum atomic E-state index is 9.79. The van der Waals surface area contributed by atoms with Crippen molar-refractivity contribution >= 4 is 11.0 Å². The van der Waals surface area contributed by atoms with Gasteiger partial charge >= 0.3 is 0 Å². The second-order valence-corrected chi connectivity index (χ2v) is 6.26.